The van der Waals surface area contributed by atoms with Crippen LogP contribution < -0.4 is 10.6 Å². The largest absolute Gasteiger partial charge is 0.444 e. The maximum absolute atomic E-state index is 13.1. The number of carbonyl (C=O) groups is 2. The van der Waals surface area contributed by atoms with Crippen molar-refractivity contribution in [2.45, 2.75) is 58.9 Å². The van der Waals surface area contributed by atoms with E-state index in [1.807, 2.05) is 13.8 Å². The summed E-state index contributed by atoms with van der Waals surface area (Å²) < 4.78 is 44.6. The van der Waals surface area contributed by atoms with Crippen LogP contribution in [0.4, 0.5) is 23.7 Å². The van der Waals surface area contributed by atoms with E-state index in [9.17, 15) is 22.8 Å². The first-order valence-corrected chi connectivity index (χ1v) is 11.2. The van der Waals surface area contributed by atoms with Gasteiger partial charge in [-0.1, -0.05) is 26.0 Å². The van der Waals surface area contributed by atoms with Gasteiger partial charge in [0.15, 0.2) is 0 Å². The first-order valence-electron chi connectivity index (χ1n) is 11.2. The third kappa shape index (κ3) is 6.97. The van der Waals surface area contributed by atoms with Crippen molar-refractivity contribution in [3.63, 3.8) is 0 Å². The normalized spacial score (nSPS) is 13.1. The molecule has 0 unspecified atom stereocenters. The molecule has 1 aromatic carbocycles. The van der Waals surface area contributed by atoms with Gasteiger partial charge in [0.1, 0.15) is 23.0 Å². The van der Waals surface area contributed by atoms with E-state index in [1.165, 1.54) is 6.20 Å². The van der Waals surface area contributed by atoms with Gasteiger partial charge in [-0.2, -0.15) is 13.2 Å². The van der Waals surface area contributed by atoms with Crippen molar-refractivity contribution in [2.75, 3.05) is 5.32 Å². The third-order valence-electron chi connectivity index (χ3n) is 5.02. The maximum Gasteiger partial charge on any atom is 0.431 e. The maximum atomic E-state index is 13.1. The quantitative estimate of drug-likeness (QED) is 0.388. The number of halogens is 3. The number of alkyl halides is 3. The van der Waals surface area contributed by atoms with Gasteiger partial charge in [0.2, 0.25) is 5.91 Å². The van der Waals surface area contributed by atoms with E-state index in [0.29, 0.717) is 28.6 Å². The average Bonchev–Trinajstić information content (AvgIpc) is 3.17. The predicted molar refractivity (Wildman–Crippen MR) is 128 cm³/mol. The van der Waals surface area contributed by atoms with Crippen LogP contribution >= 0.6 is 0 Å². The van der Waals surface area contributed by atoms with Crippen LogP contribution in [-0.4, -0.2) is 33.6 Å². The topological polar surface area (TPSA) is 96.1 Å². The molecule has 0 aliphatic heterocycles. The molecule has 0 bridgehead atoms. The number of fused-ring (bicyclic) bond motifs is 1. The Hall–Kier alpha value is -3.56. The number of anilines is 1. The molecule has 0 aliphatic carbocycles. The molecule has 0 radical (unpaired) electrons. The summed E-state index contributed by atoms with van der Waals surface area (Å²) >= 11 is 0. The van der Waals surface area contributed by atoms with Crippen molar-refractivity contribution in [3.8, 4) is 11.1 Å². The van der Waals surface area contributed by atoms with Crippen molar-refractivity contribution in [2.24, 2.45) is 5.92 Å². The minimum absolute atomic E-state index is 0.136. The van der Waals surface area contributed by atoms with Crippen molar-refractivity contribution in [1.29, 1.82) is 0 Å². The number of rotatable bonds is 6. The summed E-state index contributed by atoms with van der Waals surface area (Å²) in [5.74, 6) is -0.260. The lowest BCUT2D eigenvalue weighted by Gasteiger charge is -2.24. The van der Waals surface area contributed by atoms with Gasteiger partial charge in [-0.05, 0) is 68.5 Å². The van der Waals surface area contributed by atoms with E-state index in [2.05, 4.69) is 20.6 Å². The zero-order chi connectivity index (χ0) is 26.0. The van der Waals surface area contributed by atoms with Crippen LogP contribution in [0.25, 0.3) is 22.2 Å². The first kappa shape index (κ1) is 26.1. The molecule has 0 spiro atoms. The first-order chi connectivity index (χ1) is 16.2. The molecule has 0 aliphatic rings. The third-order valence-corrected chi connectivity index (χ3v) is 5.02. The number of aromatic nitrogens is 2. The number of alkyl carbamates (subject to hydrolysis) is 1. The molecule has 3 rings (SSSR count). The monoisotopic (exact) mass is 490 g/mol. The Balaban J connectivity index is 1.77. The lowest BCUT2D eigenvalue weighted by Crippen LogP contribution is -2.46. The van der Waals surface area contributed by atoms with E-state index in [4.69, 9.17) is 4.74 Å². The number of benzene rings is 1. The van der Waals surface area contributed by atoms with E-state index >= 15 is 0 Å². The molecule has 2 aromatic heterocycles. The summed E-state index contributed by atoms with van der Waals surface area (Å²) in [6.07, 6.45) is -3.35. The Labute approximate surface area is 201 Å². The second-order valence-corrected chi connectivity index (χ2v) is 9.70. The van der Waals surface area contributed by atoms with Gasteiger partial charge in [0.25, 0.3) is 0 Å². The number of H-pyrrole nitrogens is 1. The summed E-state index contributed by atoms with van der Waals surface area (Å²) in [6.45, 7) is 9.08. The van der Waals surface area contributed by atoms with Gasteiger partial charge < -0.3 is 20.4 Å². The minimum atomic E-state index is -4.51. The van der Waals surface area contributed by atoms with Crippen molar-refractivity contribution in [3.05, 3.63) is 48.3 Å². The molecule has 7 nitrogen and oxygen atoms in total. The molecule has 2 heterocycles. The van der Waals surface area contributed by atoms with Crippen LogP contribution in [-0.2, 0) is 15.7 Å². The second-order valence-electron chi connectivity index (χ2n) is 9.70. The number of ether oxygens (including phenoxy) is 1. The molecule has 3 aromatic rings. The van der Waals surface area contributed by atoms with Crippen molar-refractivity contribution < 1.29 is 27.5 Å². The number of nitrogens with one attached hydrogen (secondary N) is 3. The number of amides is 2. The van der Waals surface area contributed by atoms with E-state index in [-0.39, 0.29) is 11.6 Å². The predicted octanol–water partition coefficient (Wildman–Crippen LogP) is 6.13. The van der Waals surface area contributed by atoms with Gasteiger partial charge >= 0.3 is 12.3 Å². The standard InChI is InChI=1S/C25H29F3N4O3/c1-14(2)12-19(31-23(34)35-24(3,4)5)22(33)30-16-8-6-15(7-9-16)17-10-11-29-21-18(17)13-20(32-21)25(26,27)28/h6-11,13-14,19H,12H2,1-5H3,(H,29,32)(H,30,33)(H,31,34)/t19-/m1/s1. The molecular formula is C25H29F3N4O3. The van der Waals surface area contributed by atoms with Crippen LogP contribution in [0, 0.1) is 5.92 Å². The van der Waals surface area contributed by atoms with Crippen LogP contribution in [0.15, 0.2) is 42.6 Å². The van der Waals surface area contributed by atoms with Gasteiger partial charge in [-0.3, -0.25) is 4.79 Å². The smallest absolute Gasteiger partial charge is 0.431 e. The highest BCUT2D eigenvalue weighted by Crippen LogP contribution is 2.34. The van der Waals surface area contributed by atoms with Gasteiger partial charge in [-0.15, -0.1) is 0 Å². The average molecular weight is 491 g/mol. The van der Waals surface area contributed by atoms with Gasteiger partial charge in [-0.25, -0.2) is 9.78 Å². The highest BCUT2D eigenvalue weighted by molar-refractivity contribution is 5.97. The number of nitrogens with zero attached hydrogens (tertiary/aromatic N) is 1. The Kier molecular flexibility index (Phi) is 7.42. The number of hydrogen-bond acceptors (Lipinski definition) is 4. The summed E-state index contributed by atoms with van der Waals surface area (Å²) in [4.78, 5) is 31.4. The molecule has 35 heavy (non-hydrogen) atoms. The fraction of sp³-hybridized carbons (Fsp3) is 0.400. The summed E-state index contributed by atoms with van der Waals surface area (Å²) in [6, 6.07) is 8.56. The molecule has 188 valence electrons. The molecule has 3 N–H and O–H groups in total. The highest BCUT2D eigenvalue weighted by atomic mass is 19.4. The fourth-order valence-corrected chi connectivity index (χ4v) is 3.55. The lowest BCUT2D eigenvalue weighted by molar-refractivity contribution is -0.140. The lowest BCUT2D eigenvalue weighted by atomic mass is 10.0. The van der Waals surface area contributed by atoms with E-state index < -0.39 is 35.5 Å². The zero-order valence-electron chi connectivity index (χ0n) is 20.2. The van der Waals surface area contributed by atoms with E-state index in [0.717, 1.165) is 6.07 Å². The fourth-order valence-electron chi connectivity index (χ4n) is 3.55. The Morgan fingerprint density at radius 3 is 2.31 bits per heavy atom. The minimum Gasteiger partial charge on any atom is -0.444 e. The van der Waals surface area contributed by atoms with Crippen molar-refractivity contribution >= 4 is 28.7 Å². The highest BCUT2D eigenvalue weighted by Gasteiger charge is 2.33. The number of aromatic amines is 1. The Morgan fingerprint density at radius 2 is 1.74 bits per heavy atom. The van der Waals surface area contributed by atoms with Gasteiger partial charge in [0.05, 0.1) is 0 Å². The zero-order valence-corrected chi connectivity index (χ0v) is 20.2. The summed E-state index contributed by atoms with van der Waals surface area (Å²) in [5.41, 5.74) is 0.283. The van der Waals surface area contributed by atoms with Crippen LogP contribution in [0.2, 0.25) is 0 Å². The number of hydrogen-bond donors (Lipinski definition) is 3. The molecule has 0 fully saturated rings. The Bertz CT molecular complexity index is 1200. The molecule has 0 saturated heterocycles. The SMILES string of the molecule is CC(C)C[C@@H](NC(=O)OC(C)(C)C)C(=O)Nc1ccc(-c2ccnc3[nH]c(C(F)(F)F)cc23)cc1. The Morgan fingerprint density at radius 1 is 1.09 bits per heavy atom. The molecule has 2 amide bonds. The van der Waals surface area contributed by atoms with Crippen molar-refractivity contribution in [1.82, 2.24) is 15.3 Å². The molecular weight excluding hydrogens is 461 g/mol. The number of pyridine rings is 1. The second kappa shape index (κ2) is 9.97. The van der Waals surface area contributed by atoms with Crippen LogP contribution in [0.3, 0.4) is 0 Å². The van der Waals surface area contributed by atoms with Gasteiger partial charge in [0, 0.05) is 17.3 Å². The molecule has 10 heteroatoms. The summed E-state index contributed by atoms with van der Waals surface area (Å²) in [7, 11) is 0. The van der Waals surface area contributed by atoms with Crippen LogP contribution in [0.1, 0.15) is 46.7 Å². The van der Waals surface area contributed by atoms with E-state index in [1.54, 1.807) is 51.1 Å². The molecule has 0 saturated carbocycles. The molecule has 1 atom stereocenters. The summed E-state index contributed by atoms with van der Waals surface area (Å²) in [5, 5.41) is 5.74. The van der Waals surface area contributed by atoms with Crippen LogP contribution in [0.5, 0.6) is 0 Å². The number of carbonyl (C=O) groups excluding carboxylic acids is 2.